The monoisotopic (exact) mass is 266 g/mol. The van der Waals surface area contributed by atoms with Gasteiger partial charge in [0.2, 0.25) is 0 Å². The van der Waals surface area contributed by atoms with Crippen molar-refractivity contribution in [3.63, 3.8) is 0 Å². The second-order valence-corrected chi connectivity index (χ2v) is 7.39. The third kappa shape index (κ3) is 11.3. The fourth-order valence-electron chi connectivity index (χ4n) is 1.51. The van der Waals surface area contributed by atoms with E-state index in [1.54, 1.807) is 0 Å². The van der Waals surface area contributed by atoms with Crippen LogP contribution in [0.1, 0.15) is 33.1 Å². The first-order valence-corrected chi connectivity index (χ1v) is 9.69. The lowest BCUT2D eigenvalue weighted by Gasteiger charge is -2.15. The van der Waals surface area contributed by atoms with Crippen molar-refractivity contribution in [3.05, 3.63) is 0 Å². The molecule has 0 aliphatic heterocycles. The molecule has 0 radical (unpaired) electrons. The molecule has 0 amide bonds. The van der Waals surface area contributed by atoms with E-state index in [4.69, 9.17) is 0 Å². The van der Waals surface area contributed by atoms with Crippen LogP contribution in [0.2, 0.25) is 0 Å². The van der Waals surface area contributed by atoms with E-state index in [0.717, 1.165) is 5.92 Å². The van der Waals surface area contributed by atoms with Gasteiger partial charge in [-0.1, -0.05) is 13.8 Å². The summed E-state index contributed by atoms with van der Waals surface area (Å²) in [5.74, 6) is 7.62. The number of thioether (sulfide) groups is 3. The average molecular weight is 267 g/mol. The molecule has 0 aliphatic rings. The van der Waals surface area contributed by atoms with Crippen molar-refractivity contribution in [2.24, 2.45) is 5.92 Å². The van der Waals surface area contributed by atoms with Crippen LogP contribution >= 0.6 is 35.3 Å². The van der Waals surface area contributed by atoms with Gasteiger partial charge < -0.3 is 0 Å². The van der Waals surface area contributed by atoms with Crippen molar-refractivity contribution < 1.29 is 0 Å². The topological polar surface area (TPSA) is 0 Å². The van der Waals surface area contributed by atoms with Gasteiger partial charge >= 0.3 is 0 Å². The van der Waals surface area contributed by atoms with E-state index in [1.165, 1.54) is 48.0 Å². The van der Waals surface area contributed by atoms with Crippen LogP contribution in [0.3, 0.4) is 0 Å². The highest BCUT2D eigenvalue weighted by molar-refractivity contribution is 7.99. The molecule has 0 nitrogen and oxygen atoms in total. The van der Waals surface area contributed by atoms with Gasteiger partial charge in [-0.15, -0.1) is 0 Å². The van der Waals surface area contributed by atoms with Gasteiger partial charge in [0.25, 0.3) is 0 Å². The largest absolute Gasteiger partial charge is 0.165 e. The van der Waals surface area contributed by atoms with E-state index >= 15 is 0 Å². The Balaban J connectivity index is 3.53. The first-order valence-electron chi connectivity index (χ1n) is 5.99. The van der Waals surface area contributed by atoms with E-state index in [2.05, 4.69) is 43.6 Å². The fraction of sp³-hybridized carbons (Fsp3) is 1.00. The van der Waals surface area contributed by atoms with Gasteiger partial charge in [0.05, 0.1) is 0 Å². The molecule has 0 aromatic heterocycles. The molecule has 0 N–H and O–H groups in total. The second-order valence-electron chi connectivity index (χ2n) is 3.62. The molecule has 0 fully saturated rings. The second kappa shape index (κ2) is 13.1. The zero-order valence-electron chi connectivity index (χ0n) is 10.5. The highest BCUT2D eigenvalue weighted by Gasteiger charge is 2.07. The predicted molar refractivity (Wildman–Crippen MR) is 81.7 cm³/mol. The maximum absolute atomic E-state index is 2.26. The van der Waals surface area contributed by atoms with Gasteiger partial charge in [-0.25, -0.2) is 0 Å². The summed E-state index contributed by atoms with van der Waals surface area (Å²) in [6.45, 7) is 4.52. The van der Waals surface area contributed by atoms with Gasteiger partial charge in [-0.3, -0.25) is 0 Å². The predicted octanol–water partition coefficient (Wildman–Crippen LogP) is 4.64. The Bertz CT molecular complexity index is 107. The first kappa shape index (κ1) is 16.1. The molecule has 3 heteroatoms. The summed E-state index contributed by atoms with van der Waals surface area (Å²) in [6, 6.07) is 0. The van der Waals surface area contributed by atoms with E-state index in [1.807, 2.05) is 11.8 Å². The lowest BCUT2D eigenvalue weighted by molar-refractivity contribution is 0.489. The molecule has 15 heavy (non-hydrogen) atoms. The van der Waals surface area contributed by atoms with E-state index in [0.29, 0.717) is 0 Å². The van der Waals surface area contributed by atoms with Crippen molar-refractivity contribution in [2.75, 3.05) is 35.0 Å². The molecule has 0 rings (SSSR count). The molecule has 0 unspecified atom stereocenters. The zero-order chi connectivity index (χ0) is 11.4. The maximum Gasteiger partial charge on any atom is -0.00650 e. The third-order valence-corrected chi connectivity index (χ3v) is 4.99. The summed E-state index contributed by atoms with van der Waals surface area (Å²) < 4.78 is 0. The molecular weight excluding hydrogens is 240 g/mol. The Morgan fingerprint density at radius 3 is 1.67 bits per heavy atom. The van der Waals surface area contributed by atoms with E-state index in [-0.39, 0.29) is 0 Å². The molecule has 0 heterocycles. The van der Waals surface area contributed by atoms with Crippen LogP contribution < -0.4 is 0 Å². The molecule has 0 aromatic carbocycles. The SMILES string of the molecule is CCSCCC(CCSC)CCSCC. The zero-order valence-corrected chi connectivity index (χ0v) is 12.9. The van der Waals surface area contributed by atoms with E-state index in [9.17, 15) is 0 Å². The van der Waals surface area contributed by atoms with Gasteiger partial charge in [0.1, 0.15) is 0 Å². The summed E-state index contributed by atoms with van der Waals surface area (Å²) in [7, 11) is 0. The fourth-order valence-corrected chi connectivity index (χ4v) is 3.65. The van der Waals surface area contributed by atoms with Crippen LogP contribution in [0.15, 0.2) is 0 Å². The average Bonchev–Trinajstić information content (AvgIpc) is 2.25. The Morgan fingerprint density at radius 2 is 1.27 bits per heavy atom. The summed E-state index contributed by atoms with van der Waals surface area (Å²) >= 11 is 6.19. The molecule has 92 valence electrons. The van der Waals surface area contributed by atoms with Crippen LogP contribution in [0.25, 0.3) is 0 Å². The maximum atomic E-state index is 2.26. The third-order valence-electron chi connectivity index (χ3n) is 2.48. The van der Waals surface area contributed by atoms with Crippen molar-refractivity contribution in [2.45, 2.75) is 33.1 Å². The lowest BCUT2D eigenvalue weighted by atomic mass is 10.0. The summed E-state index contributed by atoms with van der Waals surface area (Å²) in [6.07, 6.45) is 6.51. The van der Waals surface area contributed by atoms with Gasteiger partial charge in [0.15, 0.2) is 0 Å². The molecule has 0 saturated heterocycles. The van der Waals surface area contributed by atoms with Gasteiger partial charge in [0, 0.05) is 0 Å². The molecule has 0 bridgehead atoms. The number of hydrogen-bond acceptors (Lipinski definition) is 3. The van der Waals surface area contributed by atoms with E-state index < -0.39 is 0 Å². The molecule has 0 aromatic rings. The highest BCUT2D eigenvalue weighted by Crippen LogP contribution is 2.21. The summed E-state index contributed by atoms with van der Waals surface area (Å²) in [5.41, 5.74) is 0. The minimum Gasteiger partial charge on any atom is -0.165 e. The van der Waals surface area contributed by atoms with Crippen molar-refractivity contribution in [1.82, 2.24) is 0 Å². The number of rotatable bonds is 11. The lowest BCUT2D eigenvalue weighted by Crippen LogP contribution is -2.05. The first-order chi connectivity index (χ1) is 7.35. The van der Waals surface area contributed by atoms with Crippen molar-refractivity contribution in [3.8, 4) is 0 Å². The minimum atomic E-state index is 0.982. The molecule has 0 saturated carbocycles. The Morgan fingerprint density at radius 1 is 0.800 bits per heavy atom. The van der Waals surface area contributed by atoms with Gasteiger partial charge in [-0.2, -0.15) is 35.3 Å². The van der Waals surface area contributed by atoms with Crippen LogP contribution in [0.4, 0.5) is 0 Å². The summed E-state index contributed by atoms with van der Waals surface area (Å²) in [5, 5.41) is 0. The normalized spacial score (nSPS) is 11.2. The van der Waals surface area contributed by atoms with Crippen LogP contribution in [-0.2, 0) is 0 Å². The Kier molecular flexibility index (Phi) is 14.0. The molecule has 0 spiro atoms. The van der Waals surface area contributed by atoms with Crippen molar-refractivity contribution >= 4 is 35.3 Å². The van der Waals surface area contributed by atoms with Crippen molar-refractivity contribution in [1.29, 1.82) is 0 Å². The quantitative estimate of drug-likeness (QED) is 0.500. The van der Waals surface area contributed by atoms with Crippen LogP contribution in [0.5, 0.6) is 0 Å². The van der Waals surface area contributed by atoms with Gasteiger partial charge in [-0.05, 0) is 60.2 Å². The Hall–Kier alpha value is 1.05. The smallest absolute Gasteiger partial charge is 0.00650 e. The molecule has 0 atom stereocenters. The summed E-state index contributed by atoms with van der Waals surface area (Å²) in [4.78, 5) is 0. The molecule has 0 aliphatic carbocycles. The highest BCUT2D eigenvalue weighted by atomic mass is 32.2. The number of hydrogen-bond donors (Lipinski definition) is 0. The molecular formula is C12H26S3. The van der Waals surface area contributed by atoms with Crippen LogP contribution in [0, 0.1) is 5.92 Å². The Labute approximate surface area is 109 Å². The minimum absolute atomic E-state index is 0.982. The standard InChI is InChI=1S/C12H26S3/c1-4-14-10-7-12(6-9-13-3)8-11-15-5-2/h12H,4-11H2,1-3H3. The van der Waals surface area contributed by atoms with Crippen LogP contribution in [-0.4, -0.2) is 35.0 Å².